The lowest BCUT2D eigenvalue weighted by Crippen LogP contribution is -2.57. The number of hydrogen-bond donors (Lipinski definition) is 0. The molecule has 0 N–H and O–H groups in total. The highest BCUT2D eigenvalue weighted by atomic mass is 16.5. The second kappa shape index (κ2) is 7.14. The highest BCUT2D eigenvalue weighted by molar-refractivity contribution is 5.91. The van der Waals surface area contributed by atoms with Gasteiger partial charge in [-0.05, 0) is 51.0 Å². The highest BCUT2D eigenvalue weighted by Crippen LogP contribution is 2.59. The monoisotopic (exact) mass is 367 g/mol. The van der Waals surface area contributed by atoms with Crippen LogP contribution < -0.4 is 4.74 Å². The van der Waals surface area contributed by atoms with E-state index in [1.54, 1.807) is 6.08 Å². The molecule has 0 radical (unpaired) electrons. The molecular formula is C23H29NO3. The van der Waals surface area contributed by atoms with Crippen LogP contribution in [-0.4, -0.2) is 29.7 Å². The first-order chi connectivity index (χ1) is 13.1. The summed E-state index contributed by atoms with van der Waals surface area (Å²) in [6.45, 7) is 7.42. The van der Waals surface area contributed by atoms with Crippen molar-refractivity contribution in [1.82, 2.24) is 4.90 Å². The van der Waals surface area contributed by atoms with Crippen LogP contribution in [0.2, 0.25) is 0 Å². The molecule has 1 amide bonds. The van der Waals surface area contributed by atoms with E-state index in [0.29, 0.717) is 31.4 Å². The number of carbonyl (C=O) groups excluding carboxylic acids is 2. The smallest absolute Gasteiger partial charge is 0.229 e. The Morgan fingerprint density at radius 1 is 1.26 bits per heavy atom. The molecule has 0 heterocycles. The van der Waals surface area contributed by atoms with Crippen LogP contribution >= 0.6 is 0 Å². The molecule has 4 fully saturated rings. The Morgan fingerprint density at radius 2 is 1.96 bits per heavy atom. The lowest BCUT2D eigenvalue weighted by atomic mass is 9.48. The number of hydrogen-bond acceptors (Lipinski definition) is 3. The summed E-state index contributed by atoms with van der Waals surface area (Å²) in [7, 11) is 0. The van der Waals surface area contributed by atoms with Crippen LogP contribution in [0, 0.1) is 23.2 Å². The van der Waals surface area contributed by atoms with Gasteiger partial charge in [0.05, 0.1) is 5.41 Å². The average Bonchev–Trinajstić information content (AvgIpc) is 2.68. The SMILES string of the molecule is C=CCOc1ccccc1CN(CC)C(=O)C12CC3C[C@H](C1)C(=O)[C@H](C3)C2. The molecule has 1 aromatic carbocycles. The van der Waals surface area contributed by atoms with Crippen molar-refractivity contribution in [3.8, 4) is 5.75 Å². The number of ketones is 1. The molecule has 0 saturated heterocycles. The normalized spacial score (nSPS) is 31.0. The Hall–Kier alpha value is -2.10. The minimum atomic E-state index is -0.308. The fourth-order valence-corrected chi connectivity index (χ4v) is 5.80. The largest absolute Gasteiger partial charge is 0.489 e. The van der Waals surface area contributed by atoms with Crippen molar-refractivity contribution in [2.24, 2.45) is 23.2 Å². The predicted molar refractivity (Wildman–Crippen MR) is 104 cm³/mol. The molecule has 0 aliphatic heterocycles. The van der Waals surface area contributed by atoms with Gasteiger partial charge < -0.3 is 9.64 Å². The van der Waals surface area contributed by atoms with Gasteiger partial charge in [0.25, 0.3) is 0 Å². The van der Waals surface area contributed by atoms with Gasteiger partial charge >= 0.3 is 0 Å². The fraction of sp³-hybridized carbons (Fsp3) is 0.565. The van der Waals surface area contributed by atoms with Gasteiger partial charge in [-0.15, -0.1) is 0 Å². The summed E-state index contributed by atoms with van der Waals surface area (Å²) in [5, 5.41) is 0. The van der Waals surface area contributed by atoms with Crippen LogP contribution in [0.1, 0.15) is 44.6 Å². The first kappa shape index (κ1) is 18.3. The molecule has 2 atom stereocenters. The van der Waals surface area contributed by atoms with Crippen LogP contribution in [0.4, 0.5) is 0 Å². The molecule has 4 nitrogen and oxygen atoms in total. The van der Waals surface area contributed by atoms with E-state index in [9.17, 15) is 9.59 Å². The molecule has 144 valence electrons. The Balaban J connectivity index is 1.54. The maximum absolute atomic E-state index is 13.6. The lowest BCUT2D eigenvalue weighted by Gasteiger charge is -2.55. The predicted octanol–water partition coefficient (Wildman–Crippen LogP) is 4.00. The number of ether oxygens (including phenoxy) is 1. The molecule has 4 aliphatic carbocycles. The molecule has 1 aromatic rings. The van der Waals surface area contributed by atoms with E-state index in [4.69, 9.17) is 4.74 Å². The Kier molecular flexibility index (Phi) is 4.83. The number of amides is 1. The maximum atomic E-state index is 13.6. The first-order valence-electron chi connectivity index (χ1n) is 10.2. The van der Waals surface area contributed by atoms with Crippen molar-refractivity contribution in [2.75, 3.05) is 13.2 Å². The van der Waals surface area contributed by atoms with Gasteiger partial charge in [0.2, 0.25) is 5.91 Å². The molecule has 4 heteroatoms. The molecule has 0 unspecified atom stereocenters. The number of nitrogens with zero attached hydrogens (tertiary/aromatic N) is 1. The van der Waals surface area contributed by atoms with Crippen LogP contribution in [0.15, 0.2) is 36.9 Å². The zero-order valence-corrected chi connectivity index (χ0v) is 16.2. The third-order valence-electron chi connectivity index (χ3n) is 6.81. The van der Waals surface area contributed by atoms with E-state index in [-0.39, 0.29) is 23.2 Å². The molecule has 0 aromatic heterocycles. The van der Waals surface area contributed by atoms with Crippen LogP contribution in [-0.2, 0) is 16.1 Å². The van der Waals surface area contributed by atoms with Crippen molar-refractivity contribution in [3.05, 3.63) is 42.5 Å². The van der Waals surface area contributed by atoms with E-state index >= 15 is 0 Å². The summed E-state index contributed by atoms with van der Waals surface area (Å²) < 4.78 is 5.77. The Morgan fingerprint density at radius 3 is 2.63 bits per heavy atom. The minimum absolute atomic E-state index is 0.127. The number of carbonyl (C=O) groups is 2. The van der Waals surface area contributed by atoms with Crippen molar-refractivity contribution < 1.29 is 14.3 Å². The van der Waals surface area contributed by atoms with Gasteiger partial charge in [-0.3, -0.25) is 9.59 Å². The summed E-state index contributed by atoms with van der Waals surface area (Å²) in [6.07, 6.45) is 6.25. The highest BCUT2D eigenvalue weighted by Gasteiger charge is 2.58. The van der Waals surface area contributed by atoms with Crippen LogP contribution in [0.3, 0.4) is 0 Å². The topological polar surface area (TPSA) is 46.6 Å². The number of Topliss-reactive ketones (excluding diaryl/α,β-unsaturated/α-hetero) is 1. The minimum Gasteiger partial charge on any atom is -0.489 e. The second-order valence-electron chi connectivity index (χ2n) is 8.55. The quantitative estimate of drug-likeness (QED) is 0.685. The van der Waals surface area contributed by atoms with Gasteiger partial charge in [-0.2, -0.15) is 0 Å². The van der Waals surface area contributed by atoms with Crippen molar-refractivity contribution in [3.63, 3.8) is 0 Å². The van der Waals surface area contributed by atoms with Gasteiger partial charge in [0.15, 0.2) is 0 Å². The maximum Gasteiger partial charge on any atom is 0.229 e. The Bertz CT molecular complexity index is 738. The van der Waals surface area contributed by atoms with Gasteiger partial charge in [0, 0.05) is 30.5 Å². The molecular weight excluding hydrogens is 338 g/mol. The summed E-state index contributed by atoms with van der Waals surface area (Å²) in [5.41, 5.74) is 0.715. The van der Waals surface area contributed by atoms with E-state index in [1.807, 2.05) is 36.1 Å². The molecule has 4 aliphatic rings. The summed E-state index contributed by atoms with van der Waals surface area (Å²) >= 11 is 0. The van der Waals surface area contributed by atoms with Gasteiger partial charge in [-0.1, -0.05) is 30.9 Å². The lowest BCUT2D eigenvalue weighted by molar-refractivity contribution is -0.164. The van der Waals surface area contributed by atoms with Crippen LogP contribution in [0.5, 0.6) is 5.75 Å². The van der Waals surface area contributed by atoms with E-state index < -0.39 is 0 Å². The molecule has 0 spiro atoms. The first-order valence-corrected chi connectivity index (χ1v) is 10.2. The van der Waals surface area contributed by atoms with E-state index in [1.165, 1.54) is 0 Å². The van der Waals surface area contributed by atoms with Gasteiger partial charge in [-0.25, -0.2) is 0 Å². The standard InChI is InChI=1S/C23H29NO3/c1-3-9-27-20-8-6-5-7-17(20)15-24(4-2)22(26)23-12-16-10-18(13-23)21(25)19(11-16)14-23/h3,5-8,16,18-19H,1,4,9-15H2,2H3/t16?,18-,19-,23?/m1/s1. The molecule has 27 heavy (non-hydrogen) atoms. The van der Waals surface area contributed by atoms with Crippen molar-refractivity contribution in [1.29, 1.82) is 0 Å². The fourth-order valence-electron chi connectivity index (χ4n) is 5.80. The summed E-state index contributed by atoms with van der Waals surface area (Å²) in [4.78, 5) is 28.1. The van der Waals surface area contributed by atoms with Crippen molar-refractivity contribution in [2.45, 2.75) is 45.6 Å². The molecule has 4 bridgehead atoms. The third-order valence-corrected chi connectivity index (χ3v) is 6.81. The average molecular weight is 367 g/mol. The number of para-hydroxylation sites is 1. The number of benzene rings is 1. The van der Waals surface area contributed by atoms with E-state index in [0.717, 1.165) is 43.4 Å². The second-order valence-corrected chi connectivity index (χ2v) is 8.55. The number of rotatable bonds is 7. The van der Waals surface area contributed by atoms with Crippen molar-refractivity contribution >= 4 is 11.7 Å². The molecule has 4 saturated carbocycles. The van der Waals surface area contributed by atoms with Gasteiger partial charge in [0.1, 0.15) is 18.1 Å². The zero-order chi connectivity index (χ0) is 19.0. The van der Waals surface area contributed by atoms with Crippen LogP contribution in [0.25, 0.3) is 0 Å². The molecule has 5 rings (SSSR count). The summed E-state index contributed by atoms with van der Waals surface area (Å²) in [5.74, 6) is 2.30. The third kappa shape index (κ3) is 3.19. The zero-order valence-electron chi connectivity index (χ0n) is 16.2. The summed E-state index contributed by atoms with van der Waals surface area (Å²) in [6, 6.07) is 7.90. The Labute approximate surface area is 161 Å². The van der Waals surface area contributed by atoms with E-state index in [2.05, 4.69) is 6.58 Å².